The van der Waals surface area contributed by atoms with E-state index in [1.807, 2.05) is 37.3 Å². The number of aromatic nitrogens is 3. The van der Waals surface area contributed by atoms with Crippen LogP contribution >= 0.6 is 0 Å². The van der Waals surface area contributed by atoms with Crippen molar-refractivity contribution < 1.29 is 26.3 Å². The van der Waals surface area contributed by atoms with Gasteiger partial charge in [-0.15, -0.1) is 0 Å². The number of nitrogens with zero attached hydrogens (tertiary/aromatic N) is 3. The second-order valence-electron chi connectivity index (χ2n) is 7.81. The average molecular weight is 443 g/mol. The first-order valence-corrected chi connectivity index (χ1v) is 9.54. The predicted octanol–water partition coefficient (Wildman–Crippen LogP) is 4.36. The van der Waals surface area contributed by atoms with E-state index < -0.39 is 34.8 Å². The number of benzene rings is 1. The molecule has 1 saturated heterocycles. The standard InChI is InChI=1S/C20H19F6N5/c1-18(13-9-27-10-13,12-5-3-2-4-6-12)11-28-16-7-14(19(21,22)23)29-17-8-15(20(24,25)26)30-31(16)17/h2-8,13,27-28H,9-11H2,1H3/t18-/m0/s1. The van der Waals surface area contributed by atoms with Crippen LogP contribution in [-0.2, 0) is 17.8 Å². The maximum Gasteiger partial charge on any atom is 0.435 e. The number of fused-ring (bicyclic) bond motifs is 1. The normalized spacial score (nSPS) is 17.4. The van der Waals surface area contributed by atoms with Crippen LogP contribution in [0.15, 0.2) is 42.5 Å². The zero-order valence-corrected chi connectivity index (χ0v) is 16.3. The molecule has 11 heteroatoms. The van der Waals surface area contributed by atoms with Crippen LogP contribution in [0.1, 0.15) is 23.9 Å². The van der Waals surface area contributed by atoms with Gasteiger partial charge in [0, 0.05) is 37.2 Å². The van der Waals surface area contributed by atoms with E-state index in [0.717, 1.165) is 23.2 Å². The Morgan fingerprint density at radius 2 is 1.65 bits per heavy atom. The van der Waals surface area contributed by atoms with Gasteiger partial charge in [0.2, 0.25) is 0 Å². The highest BCUT2D eigenvalue weighted by atomic mass is 19.4. The SMILES string of the molecule is C[C@](CNc1cc(C(F)(F)F)nc2cc(C(F)(F)F)nn12)(c1ccccc1)C1CNC1. The molecule has 1 atom stereocenters. The molecule has 0 saturated carbocycles. The van der Waals surface area contributed by atoms with Gasteiger partial charge in [-0.1, -0.05) is 37.3 Å². The Balaban J connectivity index is 1.74. The lowest BCUT2D eigenvalue weighted by atomic mass is 9.69. The molecule has 3 heterocycles. The molecule has 0 bridgehead atoms. The van der Waals surface area contributed by atoms with Crippen LogP contribution in [0.2, 0.25) is 0 Å². The molecule has 2 aromatic heterocycles. The third-order valence-corrected chi connectivity index (χ3v) is 5.76. The number of nitrogens with one attached hydrogen (secondary N) is 2. The van der Waals surface area contributed by atoms with Crippen molar-refractivity contribution in [2.24, 2.45) is 5.92 Å². The molecule has 1 fully saturated rings. The Morgan fingerprint density at radius 1 is 1.00 bits per heavy atom. The van der Waals surface area contributed by atoms with Gasteiger partial charge in [-0.3, -0.25) is 0 Å². The lowest BCUT2D eigenvalue weighted by Gasteiger charge is -2.44. The zero-order chi connectivity index (χ0) is 22.4. The minimum Gasteiger partial charge on any atom is -0.369 e. The number of hydrogen-bond acceptors (Lipinski definition) is 4. The van der Waals surface area contributed by atoms with Gasteiger partial charge in [0.05, 0.1) is 0 Å². The molecule has 166 valence electrons. The summed E-state index contributed by atoms with van der Waals surface area (Å²) in [5, 5.41) is 9.55. The molecule has 0 aliphatic carbocycles. The van der Waals surface area contributed by atoms with Crippen molar-refractivity contribution in [3.05, 3.63) is 59.4 Å². The number of alkyl halides is 6. The minimum absolute atomic E-state index is 0.195. The highest BCUT2D eigenvalue weighted by Crippen LogP contribution is 2.36. The second kappa shape index (κ2) is 7.40. The fourth-order valence-electron chi connectivity index (χ4n) is 3.70. The van der Waals surface area contributed by atoms with Gasteiger partial charge in [0.15, 0.2) is 17.0 Å². The van der Waals surface area contributed by atoms with Crippen LogP contribution in [0.25, 0.3) is 5.65 Å². The van der Waals surface area contributed by atoms with Gasteiger partial charge in [-0.25, -0.2) is 4.98 Å². The number of hydrogen-bond donors (Lipinski definition) is 2. The predicted molar refractivity (Wildman–Crippen MR) is 102 cm³/mol. The van der Waals surface area contributed by atoms with E-state index in [-0.39, 0.29) is 18.3 Å². The number of anilines is 1. The van der Waals surface area contributed by atoms with Gasteiger partial charge in [0.25, 0.3) is 0 Å². The molecule has 0 radical (unpaired) electrons. The molecular weight excluding hydrogens is 424 g/mol. The second-order valence-corrected chi connectivity index (χ2v) is 7.81. The van der Waals surface area contributed by atoms with Crippen molar-refractivity contribution in [2.75, 3.05) is 25.0 Å². The molecule has 0 unspecified atom stereocenters. The van der Waals surface area contributed by atoms with E-state index >= 15 is 0 Å². The Hall–Kier alpha value is -2.82. The van der Waals surface area contributed by atoms with E-state index in [1.165, 1.54) is 0 Å². The Kier molecular flexibility index (Phi) is 5.11. The first-order chi connectivity index (χ1) is 14.5. The van der Waals surface area contributed by atoms with Crippen molar-refractivity contribution in [3.63, 3.8) is 0 Å². The summed E-state index contributed by atoms with van der Waals surface area (Å²) in [6.07, 6.45) is -9.62. The highest BCUT2D eigenvalue weighted by Gasteiger charge is 2.40. The van der Waals surface area contributed by atoms with E-state index in [1.54, 1.807) is 0 Å². The fourth-order valence-corrected chi connectivity index (χ4v) is 3.70. The van der Waals surface area contributed by atoms with Crippen LogP contribution < -0.4 is 10.6 Å². The van der Waals surface area contributed by atoms with Crippen LogP contribution in [-0.4, -0.2) is 34.2 Å². The summed E-state index contributed by atoms with van der Waals surface area (Å²) in [5.74, 6) is -0.00700. The summed E-state index contributed by atoms with van der Waals surface area (Å²) < 4.78 is 80.0. The molecule has 5 nitrogen and oxygen atoms in total. The third-order valence-electron chi connectivity index (χ3n) is 5.76. The highest BCUT2D eigenvalue weighted by molar-refractivity contribution is 5.52. The Labute approximate surface area is 173 Å². The molecule has 1 aliphatic rings. The molecule has 0 spiro atoms. The molecule has 2 N–H and O–H groups in total. The summed E-state index contributed by atoms with van der Waals surface area (Å²) in [7, 11) is 0. The molecule has 4 rings (SSSR count). The number of rotatable bonds is 5. The van der Waals surface area contributed by atoms with E-state index in [0.29, 0.717) is 12.1 Å². The van der Waals surface area contributed by atoms with Gasteiger partial charge in [-0.2, -0.15) is 36.0 Å². The first kappa shape index (κ1) is 21.4. The molecule has 3 aromatic rings. The largest absolute Gasteiger partial charge is 0.435 e. The molecule has 1 aliphatic heterocycles. The maximum absolute atomic E-state index is 13.3. The van der Waals surface area contributed by atoms with Gasteiger partial charge >= 0.3 is 12.4 Å². The van der Waals surface area contributed by atoms with Crippen molar-refractivity contribution >= 4 is 11.5 Å². The van der Waals surface area contributed by atoms with Crippen LogP contribution in [0.3, 0.4) is 0 Å². The van der Waals surface area contributed by atoms with Crippen molar-refractivity contribution in [1.82, 2.24) is 19.9 Å². The van der Waals surface area contributed by atoms with Gasteiger partial charge in [0.1, 0.15) is 5.82 Å². The van der Waals surface area contributed by atoms with Gasteiger partial charge in [-0.05, 0) is 11.5 Å². The van der Waals surface area contributed by atoms with E-state index in [9.17, 15) is 26.3 Å². The molecule has 1 aromatic carbocycles. The molecular formula is C20H19F6N5. The van der Waals surface area contributed by atoms with E-state index in [4.69, 9.17) is 0 Å². The smallest absolute Gasteiger partial charge is 0.369 e. The summed E-state index contributed by atoms with van der Waals surface area (Å²) in [5.41, 5.74) is -2.62. The number of halogens is 6. The lowest BCUT2D eigenvalue weighted by Crippen LogP contribution is -2.55. The summed E-state index contributed by atoms with van der Waals surface area (Å²) in [6, 6.07) is 10.7. The van der Waals surface area contributed by atoms with E-state index in [2.05, 4.69) is 20.7 Å². The molecule has 0 amide bonds. The quantitative estimate of drug-likeness (QED) is 0.576. The molecule has 31 heavy (non-hydrogen) atoms. The zero-order valence-electron chi connectivity index (χ0n) is 16.3. The van der Waals surface area contributed by atoms with Crippen LogP contribution in [0.4, 0.5) is 32.2 Å². The minimum atomic E-state index is -4.82. The lowest BCUT2D eigenvalue weighted by molar-refractivity contribution is -0.142. The van der Waals surface area contributed by atoms with Crippen molar-refractivity contribution in [3.8, 4) is 0 Å². The van der Waals surface area contributed by atoms with Crippen LogP contribution in [0.5, 0.6) is 0 Å². The maximum atomic E-state index is 13.3. The first-order valence-electron chi connectivity index (χ1n) is 9.54. The Morgan fingerprint density at radius 3 is 2.19 bits per heavy atom. The summed E-state index contributed by atoms with van der Waals surface area (Å²) in [6.45, 7) is 3.63. The Bertz CT molecular complexity index is 1070. The third kappa shape index (κ3) is 4.06. The van der Waals surface area contributed by atoms with Crippen molar-refractivity contribution in [1.29, 1.82) is 0 Å². The van der Waals surface area contributed by atoms with Gasteiger partial charge < -0.3 is 10.6 Å². The monoisotopic (exact) mass is 443 g/mol. The fraction of sp³-hybridized carbons (Fsp3) is 0.400. The van der Waals surface area contributed by atoms with Crippen molar-refractivity contribution in [2.45, 2.75) is 24.7 Å². The summed E-state index contributed by atoms with van der Waals surface area (Å²) >= 11 is 0. The average Bonchev–Trinajstić information content (AvgIpc) is 3.09. The summed E-state index contributed by atoms with van der Waals surface area (Å²) in [4.78, 5) is 3.33. The van der Waals surface area contributed by atoms with Crippen LogP contribution in [0, 0.1) is 5.92 Å². The topological polar surface area (TPSA) is 54.2 Å².